The van der Waals surface area contributed by atoms with Gasteiger partial charge in [0.05, 0.1) is 12.7 Å². The van der Waals surface area contributed by atoms with Gasteiger partial charge in [-0.25, -0.2) is 0 Å². The fourth-order valence-electron chi connectivity index (χ4n) is 1.76. The topological polar surface area (TPSA) is 33.7 Å². The van der Waals surface area contributed by atoms with Crippen LogP contribution in [0.1, 0.15) is 12.8 Å². The van der Waals surface area contributed by atoms with E-state index in [2.05, 4.69) is 17.3 Å². The fraction of sp³-hybridized carbons (Fsp3) is 1.00. The largest absolute Gasteiger partial charge is 0.385 e. The van der Waals surface area contributed by atoms with Gasteiger partial charge < -0.3 is 19.7 Å². The summed E-state index contributed by atoms with van der Waals surface area (Å²) in [6.07, 6.45) is 2.64. The van der Waals surface area contributed by atoms with Gasteiger partial charge in [0.1, 0.15) is 0 Å². The van der Waals surface area contributed by atoms with Crippen LogP contribution in [0.15, 0.2) is 0 Å². The second-order valence-corrected chi connectivity index (χ2v) is 4.14. The molecule has 1 aliphatic rings. The minimum Gasteiger partial charge on any atom is -0.385 e. The van der Waals surface area contributed by atoms with Gasteiger partial charge in [-0.1, -0.05) is 0 Å². The summed E-state index contributed by atoms with van der Waals surface area (Å²) in [6, 6.07) is 0. The predicted octanol–water partition coefficient (Wildman–Crippen LogP) is 0.333. The Kier molecular flexibility index (Phi) is 6.92. The maximum atomic E-state index is 5.64. The Morgan fingerprint density at radius 3 is 3.00 bits per heavy atom. The molecule has 1 unspecified atom stereocenters. The Balaban J connectivity index is 1.97. The highest BCUT2D eigenvalue weighted by Gasteiger charge is 2.13. The first-order valence-corrected chi connectivity index (χ1v) is 5.82. The molecule has 0 amide bonds. The number of morpholine rings is 1. The molecule has 0 aliphatic carbocycles. The van der Waals surface area contributed by atoms with Crippen molar-refractivity contribution in [3.63, 3.8) is 0 Å². The fourth-order valence-corrected chi connectivity index (χ4v) is 1.76. The summed E-state index contributed by atoms with van der Waals surface area (Å²) in [5, 5.41) is 3.35. The molecule has 90 valence electrons. The van der Waals surface area contributed by atoms with Crippen LogP contribution in [-0.2, 0) is 9.47 Å². The number of hydrogen-bond donors (Lipinski definition) is 1. The second kappa shape index (κ2) is 8.05. The van der Waals surface area contributed by atoms with Crippen LogP contribution in [0.5, 0.6) is 0 Å². The summed E-state index contributed by atoms with van der Waals surface area (Å²) in [5.74, 6) is 0. The van der Waals surface area contributed by atoms with Gasteiger partial charge in [0.15, 0.2) is 0 Å². The third kappa shape index (κ3) is 6.10. The minimum absolute atomic E-state index is 0.406. The van der Waals surface area contributed by atoms with E-state index in [9.17, 15) is 0 Å². The van der Waals surface area contributed by atoms with Gasteiger partial charge in [-0.2, -0.15) is 0 Å². The SMILES string of the molecule is COCCCN(C)CCC1CNCCO1. The predicted molar refractivity (Wildman–Crippen MR) is 61.2 cm³/mol. The average molecular weight is 216 g/mol. The first kappa shape index (κ1) is 12.9. The van der Waals surface area contributed by atoms with Crippen molar-refractivity contribution in [3.05, 3.63) is 0 Å². The number of methoxy groups -OCH3 is 1. The summed E-state index contributed by atoms with van der Waals surface area (Å²) in [7, 11) is 3.91. The van der Waals surface area contributed by atoms with Crippen molar-refractivity contribution >= 4 is 0 Å². The molecule has 0 bridgehead atoms. The lowest BCUT2D eigenvalue weighted by molar-refractivity contribution is 0.0184. The Bertz CT molecular complexity index is 150. The van der Waals surface area contributed by atoms with E-state index in [1.54, 1.807) is 7.11 Å². The van der Waals surface area contributed by atoms with Crippen molar-refractivity contribution < 1.29 is 9.47 Å². The molecule has 1 rings (SSSR count). The molecule has 0 aromatic heterocycles. The summed E-state index contributed by atoms with van der Waals surface area (Å²) >= 11 is 0. The monoisotopic (exact) mass is 216 g/mol. The van der Waals surface area contributed by atoms with E-state index in [-0.39, 0.29) is 0 Å². The van der Waals surface area contributed by atoms with Crippen LogP contribution in [0.4, 0.5) is 0 Å². The Hall–Kier alpha value is -0.160. The molecule has 1 N–H and O–H groups in total. The molecule has 0 spiro atoms. The first-order valence-electron chi connectivity index (χ1n) is 5.82. The molecule has 0 radical (unpaired) electrons. The molecule has 1 atom stereocenters. The van der Waals surface area contributed by atoms with Gasteiger partial charge >= 0.3 is 0 Å². The standard InChI is InChI=1S/C11H24N2O2/c1-13(6-3-8-14-2)7-4-11-10-12-5-9-15-11/h11-12H,3-10H2,1-2H3. The zero-order valence-electron chi connectivity index (χ0n) is 10.00. The summed E-state index contributed by atoms with van der Waals surface area (Å²) in [5.41, 5.74) is 0. The van der Waals surface area contributed by atoms with Crippen molar-refractivity contribution in [2.24, 2.45) is 0 Å². The highest BCUT2D eigenvalue weighted by atomic mass is 16.5. The van der Waals surface area contributed by atoms with Crippen LogP contribution in [0.2, 0.25) is 0 Å². The van der Waals surface area contributed by atoms with E-state index < -0.39 is 0 Å². The summed E-state index contributed by atoms with van der Waals surface area (Å²) in [4.78, 5) is 2.34. The smallest absolute Gasteiger partial charge is 0.0712 e. The number of nitrogens with zero attached hydrogens (tertiary/aromatic N) is 1. The van der Waals surface area contributed by atoms with Crippen molar-refractivity contribution in [3.8, 4) is 0 Å². The van der Waals surface area contributed by atoms with E-state index in [4.69, 9.17) is 9.47 Å². The molecule has 15 heavy (non-hydrogen) atoms. The molecule has 0 aromatic carbocycles. The maximum absolute atomic E-state index is 5.64. The van der Waals surface area contributed by atoms with E-state index >= 15 is 0 Å². The van der Waals surface area contributed by atoms with E-state index in [0.29, 0.717) is 6.10 Å². The van der Waals surface area contributed by atoms with Gasteiger partial charge in [-0.05, 0) is 19.9 Å². The molecule has 1 fully saturated rings. The van der Waals surface area contributed by atoms with Crippen LogP contribution in [0, 0.1) is 0 Å². The summed E-state index contributed by atoms with van der Waals surface area (Å²) in [6.45, 7) is 5.93. The van der Waals surface area contributed by atoms with Crippen molar-refractivity contribution in [1.82, 2.24) is 10.2 Å². The molecule has 0 aromatic rings. The molecular weight excluding hydrogens is 192 g/mol. The highest BCUT2D eigenvalue weighted by Crippen LogP contribution is 2.02. The number of hydrogen-bond acceptors (Lipinski definition) is 4. The minimum atomic E-state index is 0.406. The van der Waals surface area contributed by atoms with Crippen LogP contribution < -0.4 is 5.32 Å². The van der Waals surface area contributed by atoms with Crippen LogP contribution in [0.3, 0.4) is 0 Å². The summed E-state index contributed by atoms with van der Waals surface area (Å²) < 4.78 is 10.7. The molecule has 1 heterocycles. The molecule has 4 heteroatoms. The second-order valence-electron chi connectivity index (χ2n) is 4.14. The molecule has 1 aliphatic heterocycles. The van der Waals surface area contributed by atoms with Crippen molar-refractivity contribution in [2.45, 2.75) is 18.9 Å². The van der Waals surface area contributed by atoms with Crippen LogP contribution >= 0.6 is 0 Å². The van der Waals surface area contributed by atoms with E-state index in [1.807, 2.05) is 0 Å². The van der Waals surface area contributed by atoms with Gasteiger partial charge in [0.25, 0.3) is 0 Å². The van der Waals surface area contributed by atoms with Gasteiger partial charge in [0, 0.05) is 39.9 Å². The number of ether oxygens (including phenoxy) is 2. The van der Waals surface area contributed by atoms with Gasteiger partial charge in [0.2, 0.25) is 0 Å². The Morgan fingerprint density at radius 2 is 2.33 bits per heavy atom. The quantitative estimate of drug-likeness (QED) is 0.622. The normalized spacial score (nSPS) is 22.2. The van der Waals surface area contributed by atoms with Crippen molar-refractivity contribution in [1.29, 1.82) is 0 Å². The van der Waals surface area contributed by atoms with Crippen LogP contribution in [-0.4, -0.2) is 64.6 Å². The lowest BCUT2D eigenvalue weighted by Crippen LogP contribution is -2.40. The average Bonchev–Trinajstić information content (AvgIpc) is 2.28. The van der Waals surface area contributed by atoms with Gasteiger partial charge in [-0.3, -0.25) is 0 Å². The van der Waals surface area contributed by atoms with Gasteiger partial charge in [-0.15, -0.1) is 0 Å². The molecule has 0 saturated carbocycles. The lowest BCUT2D eigenvalue weighted by Gasteiger charge is -2.25. The Morgan fingerprint density at radius 1 is 1.47 bits per heavy atom. The molecular formula is C11H24N2O2. The van der Waals surface area contributed by atoms with E-state index in [0.717, 1.165) is 52.2 Å². The third-order valence-electron chi connectivity index (χ3n) is 2.73. The van der Waals surface area contributed by atoms with E-state index in [1.165, 1.54) is 0 Å². The highest BCUT2D eigenvalue weighted by molar-refractivity contribution is 4.68. The maximum Gasteiger partial charge on any atom is 0.0712 e. The number of rotatable bonds is 7. The molecule has 4 nitrogen and oxygen atoms in total. The first-order chi connectivity index (χ1) is 7.33. The third-order valence-corrected chi connectivity index (χ3v) is 2.73. The zero-order chi connectivity index (χ0) is 10.9. The Labute approximate surface area is 92.9 Å². The lowest BCUT2D eigenvalue weighted by atomic mass is 10.2. The van der Waals surface area contributed by atoms with Crippen molar-refractivity contribution in [2.75, 3.05) is 53.6 Å². The number of nitrogens with one attached hydrogen (secondary N) is 1. The molecule has 1 saturated heterocycles. The van der Waals surface area contributed by atoms with Crippen LogP contribution in [0.25, 0.3) is 0 Å². The zero-order valence-corrected chi connectivity index (χ0v) is 10.00.